The van der Waals surface area contributed by atoms with Gasteiger partial charge in [-0.3, -0.25) is 4.79 Å². The van der Waals surface area contributed by atoms with Crippen LogP contribution in [0.1, 0.15) is 5.89 Å². The zero-order valence-electron chi connectivity index (χ0n) is 10.8. The van der Waals surface area contributed by atoms with E-state index in [0.29, 0.717) is 0 Å². The van der Waals surface area contributed by atoms with Crippen LogP contribution < -0.4 is 10.3 Å². The standard InChI is InChI=1S/C10H13N5O4S/c1-15(2)20(17,18)12-6-8-13-9(14-19-8)7-4-3-5-11-10(7)16/h3-5,12H,6H2,1-2H3,(H,11,16). The minimum Gasteiger partial charge on any atom is -0.338 e. The van der Waals surface area contributed by atoms with Crippen molar-refractivity contribution in [1.29, 1.82) is 0 Å². The highest BCUT2D eigenvalue weighted by molar-refractivity contribution is 7.87. The smallest absolute Gasteiger partial charge is 0.279 e. The zero-order chi connectivity index (χ0) is 14.8. The zero-order valence-corrected chi connectivity index (χ0v) is 11.6. The van der Waals surface area contributed by atoms with Gasteiger partial charge in [0.1, 0.15) is 0 Å². The van der Waals surface area contributed by atoms with Gasteiger partial charge in [-0.05, 0) is 12.1 Å². The number of pyridine rings is 1. The van der Waals surface area contributed by atoms with Gasteiger partial charge in [-0.15, -0.1) is 0 Å². The van der Waals surface area contributed by atoms with Crippen molar-refractivity contribution in [2.24, 2.45) is 0 Å². The van der Waals surface area contributed by atoms with E-state index in [2.05, 4.69) is 19.8 Å². The molecule has 2 aromatic rings. The second-order valence-corrected chi connectivity index (χ2v) is 6.00. The average molecular weight is 299 g/mol. The fraction of sp³-hybridized carbons (Fsp3) is 0.300. The average Bonchev–Trinajstić information content (AvgIpc) is 2.85. The van der Waals surface area contributed by atoms with Gasteiger partial charge in [0.25, 0.3) is 15.8 Å². The number of H-pyrrole nitrogens is 1. The number of rotatable bonds is 5. The minimum atomic E-state index is -3.57. The number of hydrogen-bond donors (Lipinski definition) is 2. The molecular weight excluding hydrogens is 286 g/mol. The van der Waals surface area contributed by atoms with Crippen LogP contribution in [-0.2, 0) is 16.8 Å². The van der Waals surface area contributed by atoms with Gasteiger partial charge in [-0.1, -0.05) is 5.16 Å². The largest absolute Gasteiger partial charge is 0.338 e. The first-order valence-electron chi connectivity index (χ1n) is 5.58. The van der Waals surface area contributed by atoms with Gasteiger partial charge >= 0.3 is 0 Å². The van der Waals surface area contributed by atoms with Crippen LogP contribution in [0.4, 0.5) is 0 Å². The molecule has 20 heavy (non-hydrogen) atoms. The third-order valence-corrected chi connectivity index (χ3v) is 3.88. The maximum Gasteiger partial charge on any atom is 0.279 e. The molecule has 9 nitrogen and oxygen atoms in total. The molecule has 2 heterocycles. The molecule has 0 aliphatic rings. The Bertz CT molecular complexity index is 749. The van der Waals surface area contributed by atoms with Crippen LogP contribution in [0.25, 0.3) is 11.4 Å². The van der Waals surface area contributed by atoms with Crippen LogP contribution >= 0.6 is 0 Å². The summed E-state index contributed by atoms with van der Waals surface area (Å²) < 4.78 is 31.2. The molecule has 10 heteroatoms. The molecule has 0 aliphatic carbocycles. The number of hydrogen-bond acceptors (Lipinski definition) is 6. The highest BCUT2D eigenvalue weighted by atomic mass is 32.2. The number of aromatic amines is 1. The summed E-state index contributed by atoms with van der Waals surface area (Å²) >= 11 is 0. The fourth-order valence-electron chi connectivity index (χ4n) is 1.32. The van der Waals surface area contributed by atoms with Gasteiger partial charge in [-0.2, -0.15) is 22.4 Å². The van der Waals surface area contributed by atoms with E-state index in [-0.39, 0.29) is 29.4 Å². The molecule has 0 saturated carbocycles. The predicted molar refractivity (Wildman–Crippen MR) is 69.8 cm³/mol. The fourth-order valence-corrected chi connectivity index (χ4v) is 1.88. The quantitative estimate of drug-likeness (QED) is 0.754. The van der Waals surface area contributed by atoms with Gasteiger partial charge in [0.2, 0.25) is 11.7 Å². The van der Waals surface area contributed by atoms with Crippen molar-refractivity contribution >= 4 is 10.2 Å². The van der Waals surface area contributed by atoms with Crippen molar-refractivity contribution in [1.82, 2.24) is 24.2 Å². The lowest BCUT2D eigenvalue weighted by molar-refractivity contribution is 0.374. The van der Waals surface area contributed by atoms with E-state index in [1.807, 2.05) is 0 Å². The molecule has 2 N–H and O–H groups in total. The first kappa shape index (κ1) is 14.4. The first-order chi connectivity index (χ1) is 9.40. The second kappa shape index (κ2) is 5.53. The number of nitrogens with one attached hydrogen (secondary N) is 2. The topological polar surface area (TPSA) is 121 Å². The van der Waals surface area contributed by atoms with E-state index < -0.39 is 10.2 Å². The van der Waals surface area contributed by atoms with Gasteiger partial charge in [0, 0.05) is 20.3 Å². The van der Waals surface area contributed by atoms with Crippen LogP contribution in [0.15, 0.2) is 27.6 Å². The Balaban J connectivity index is 2.15. The van der Waals surface area contributed by atoms with Gasteiger partial charge in [-0.25, -0.2) is 0 Å². The van der Waals surface area contributed by atoms with Crippen molar-refractivity contribution < 1.29 is 12.9 Å². The Kier molecular flexibility index (Phi) is 3.97. The van der Waals surface area contributed by atoms with E-state index in [9.17, 15) is 13.2 Å². The third-order valence-electron chi connectivity index (χ3n) is 2.41. The molecule has 0 atom stereocenters. The Labute approximate surface area is 114 Å². The van der Waals surface area contributed by atoms with E-state index in [1.54, 1.807) is 6.07 Å². The maximum atomic E-state index is 11.5. The summed E-state index contributed by atoms with van der Waals surface area (Å²) in [5, 5.41) is 3.64. The van der Waals surface area contributed by atoms with Crippen molar-refractivity contribution in [2.45, 2.75) is 6.54 Å². The Hall–Kier alpha value is -2.04. The van der Waals surface area contributed by atoms with Crippen LogP contribution in [0, 0.1) is 0 Å². The van der Waals surface area contributed by atoms with Crippen molar-refractivity contribution in [2.75, 3.05) is 14.1 Å². The molecule has 2 rings (SSSR count). The van der Waals surface area contributed by atoms with Crippen LogP contribution in [-0.4, -0.2) is 41.9 Å². The molecule has 0 radical (unpaired) electrons. The minimum absolute atomic E-state index is 0.0636. The van der Waals surface area contributed by atoms with Crippen LogP contribution in [0.3, 0.4) is 0 Å². The third kappa shape index (κ3) is 3.10. The van der Waals surface area contributed by atoms with Crippen molar-refractivity contribution in [3.05, 3.63) is 34.6 Å². The Morgan fingerprint density at radius 1 is 1.45 bits per heavy atom. The molecule has 0 bridgehead atoms. The van der Waals surface area contributed by atoms with E-state index in [4.69, 9.17) is 4.52 Å². The molecule has 0 fully saturated rings. The summed E-state index contributed by atoms with van der Waals surface area (Å²) in [5.74, 6) is 0.166. The van der Waals surface area contributed by atoms with Crippen molar-refractivity contribution in [3.63, 3.8) is 0 Å². The van der Waals surface area contributed by atoms with Crippen molar-refractivity contribution in [3.8, 4) is 11.4 Å². The van der Waals surface area contributed by atoms with Gasteiger partial charge in [0.05, 0.1) is 12.1 Å². The van der Waals surface area contributed by atoms with Gasteiger partial charge < -0.3 is 9.51 Å². The molecule has 108 valence electrons. The Morgan fingerprint density at radius 3 is 2.85 bits per heavy atom. The van der Waals surface area contributed by atoms with Crippen LogP contribution in [0.2, 0.25) is 0 Å². The Morgan fingerprint density at radius 2 is 2.20 bits per heavy atom. The second-order valence-electron chi connectivity index (χ2n) is 4.03. The molecule has 0 aromatic carbocycles. The lowest BCUT2D eigenvalue weighted by Crippen LogP contribution is -2.35. The van der Waals surface area contributed by atoms with Gasteiger partial charge in [0.15, 0.2) is 0 Å². The molecule has 0 saturated heterocycles. The summed E-state index contributed by atoms with van der Waals surface area (Å²) in [7, 11) is -0.784. The van der Waals surface area contributed by atoms with E-state index >= 15 is 0 Å². The SMILES string of the molecule is CN(C)S(=O)(=O)NCc1nc(-c2ccc[nH]c2=O)no1. The maximum absolute atomic E-state index is 11.5. The first-order valence-corrected chi connectivity index (χ1v) is 7.02. The summed E-state index contributed by atoms with van der Waals surface area (Å²) in [6, 6.07) is 3.17. The molecule has 0 spiro atoms. The summed E-state index contributed by atoms with van der Waals surface area (Å²) in [6.45, 7) is -0.155. The molecule has 2 aromatic heterocycles. The summed E-state index contributed by atoms with van der Waals surface area (Å²) in [6.07, 6.45) is 1.48. The molecular formula is C10H13N5O4S. The van der Waals surface area contributed by atoms with E-state index in [1.165, 1.54) is 26.4 Å². The highest BCUT2D eigenvalue weighted by Gasteiger charge is 2.16. The number of aromatic nitrogens is 3. The molecule has 0 unspecified atom stereocenters. The normalized spacial score (nSPS) is 11.9. The monoisotopic (exact) mass is 299 g/mol. The summed E-state index contributed by atoms with van der Waals surface area (Å²) in [4.78, 5) is 18.0. The number of nitrogens with zero attached hydrogens (tertiary/aromatic N) is 3. The van der Waals surface area contributed by atoms with Crippen LogP contribution in [0.5, 0.6) is 0 Å². The predicted octanol–water partition coefficient (Wildman–Crippen LogP) is -0.679. The van der Waals surface area contributed by atoms with E-state index in [0.717, 1.165) is 4.31 Å². The lowest BCUT2D eigenvalue weighted by atomic mass is 10.3. The molecule has 0 aliphatic heterocycles. The lowest BCUT2D eigenvalue weighted by Gasteiger charge is -2.10. The molecule has 0 amide bonds. The highest BCUT2D eigenvalue weighted by Crippen LogP contribution is 2.10. The summed E-state index contributed by atoms with van der Waals surface area (Å²) in [5.41, 5.74) is -0.105.